The summed E-state index contributed by atoms with van der Waals surface area (Å²) in [5.74, 6) is 0. The fraction of sp³-hybridized carbons (Fsp3) is 0.111. The summed E-state index contributed by atoms with van der Waals surface area (Å²) in [6, 6.07) is 15.7. The normalized spacial score (nSPS) is 12.7. The van der Waals surface area contributed by atoms with Gasteiger partial charge in [-0.25, -0.2) is 23.1 Å². The van der Waals surface area contributed by atoms with Crippen LogP contribution in [0.5, 0.6) is 0 Å². The third kappa shape index (κ3) is 3.67. The lowest BCUT2D eigenvalue weighted by Gasteiger charge is -2.15. The Kier molecular flexibility index (Phi) is 4.69. The van der Waals surface area contributed by atoms with Crippen LogP contribution < -0.4 is 4.72 Å². The number of aromatic nitrogens is 2. The van der Waals surface area contributed by atoms with Gasteiger partial charge in [0.05, 0.1) is 4.90 Å². The van der Waals surface area contributed by atoms with Crippen LogP contribution in [0.1, 0.15) is 18.5 Å². The molecule has 0 radical (unpaired) electrons. The van der Waals surface area contributed by atoms with E-state index in [1.54, 1.807) is 42.7 Å². The summed E-state index contributed by atoms with van der Waals surface area (Å²) >= 11 is 0. The lowest BCUT2D eigenvalue weighted by molar-refractivity contribution is 0.567. The SMILES string of the molecule is C[C@H](NS(=O)(=O)c1ccccc1)c1ccc(-c2cncnc2)cc1. The number of hydrogen-bond acceptors (Lipinski definition) is 4. The second-order valence-corrected chi connectivity index (χ2v) is 7.12. The number of nitrogens with one attached hydrogen (secondary N) is 1. The molecule has 0 bridgehead atoms. The second-order valence-electron chi connectivity index (χ2n) is 5.41. The van der Waals surface area contributed by atoms with Gasteiger partial charge in [-0.15, -0.1) is 0 Å². The molecule has 0 saturated carbocycles. The zero-order chi connectivity index (χ0) is 17.0. The van der Waals surface area contributed by atoms with E-state index in [2.05, 4.69) is 14.7 Å². The Balaban J connectivity index is 1.77. The summed E-state index contributed by atoms with van der Waals surface area (Å²) in [7, 11) is -3.54. The highest BCUT2D eigenvalue weighted by atomic mass is 32.2. The summed E-state index contributed by atoms with van der Waals surface area (Å²) in [6.07, 6.45) is 4.96. The fourth-order valence-corrected chi connectivity index (χ4v) is 3.63. The molecule has 1 atom stereocenters. The van der Waals surface area contributed by atoms with E-state index in [1.165, 1.54) is 6.33 Å². The molecule has 0 aliphatic carbocycles. The van der Waals surface area contributed by atoms with Crippen molar-refractivity contribution in [3.63, 3.8) is 0 Å². The summed E-state index contributed by atoms with van der Waals surface area (Å²) in [6.45, 7) is 1.82. The zero-order valence-corrected chi connectivity index (χ0v) is 13.9. The van der Waals surface area contributed by atoms with Crippen LogP contribution in [0.25, 0.3) is 11.1 Å². The molecule has 0 fully saturated rings. The number of hydrogen-bond donors (Lipinski definition) is 1. The van der Waals surface area contributed by atoms with Crippen LogP contribution in [0.2, 0.25) is 0 Å². The molecule has 1 aromatic heterocycles. The van der Waals surface area contributed by atoms with E-state index in [0.717, 1.165) is 16.7 Å². The molecule has 0 aliphatic heterocycles. The molecule has 122 valence electrons. The summed E-state index contributed by atoms with van der Waals surface area (Å²) in [4.78, 5) is 8.25. The molecule has 3 aromatic rings. The van der Waals surface area contributed by atoms with E-state index >= 15 is 0 Å². The number of sulfonamides is 1. The van der Waals surface area contributed by atoms with E-state index in [4.69, 9.17) is 0 Å². The van der Waals surface area contributed by atoms with Gasteiger partial charge < -0.3 is 0 Å². The molecule has 6 heteroatoms. The van der Waals surface area contributed by atoms with Gasteiger partial charge in [0.2, 0.25) is 10.0 Å². The Bertz CT molecular complexity index is 896. The summed E-state index contributed by atoms with van der Waals surface area (Å²) in [5, 5.41) is 0. The molecule has 0 spiro atoms. The summed E-state index contributed by atoms with van der Waals surface area (Å²) in [5.41, 5.74) is 2.79. The smallest absolute Gasteiger partial charge is 0.241 e. The first kappa shape index (κ1) is 16.3. The van der Waals surface area contributed by atoms with Crippen LogP contribution in [-0.2, 0) is 10.0 Å². The first-order chi connectivity index (χ1) is 11.6. The fourth-order valence-electron chi connectivity index (χ4n) is 2.38. The van der Waals surface area contributed by atoms with Crippen molar-refractivity contribution < 1.29 is 8.42 Å². The first-order valence-corrected chi connectivity index (χ1v) is 8.97. The van der Waals surface area contributed by atoms with Gasteiger partial charge in [0, 0.05) is 24.0 Å². The molecule has 3 rings (SSSR count). The van der Waals surface area contributed by atoms with Crippen LogP contribution in [0.3, 0.4) is 0 Å². The van der Waals surface area contributed by atoms with Crippen LogP contribution in [0.15, 0.2) is 78.2 Å². The van der Waals surface area contributed by atoms with E-state index < -0.39 is 10.0 Å². The van der Waals surface area contributed by atoms with Gasteiger partial charge in [-0.2, -0.15) is 0 Å². The largest absolute Gasteiger partial charge is 0.244 e. The van der Waals surface area contributed by atoms with Crippen molar-refractivity contribution >= 4 is 10.0 Å². The number of nitrogens with zero attached hydrogens (tertiary/aromatic N) is 2. The number of benzene rings is 2. The van der Waals surface area contributed by atoms with Gasteiger partial charge >= 0.3 is 0 Å². The Hall–Kier alpha value is -2.57. The molecular formula is C18H17N3O2S. The molecule has 5 nitrogen and oxygen atoms in total. The van der Waals surface area contributed by atoms with E-state index in [9.17, 15) is 8.42 Å². The highest BCUT2D eigenvalue weighted by Gasteiger charge is 2.17. The van der Waals surface area contributed by atoms with Gasteiger partial charge in [0.25, 0.3) is 0 Å². The quantitative estimate of drug-likeness (QED) is 0.775. The topological polar surface area (TPSA) is 72.0 Å². The molecule has 1 heterocycles. The summed E-state index contributed by atoms with van der Waals surface area (Å²) < 4.78 is 27.4. The predicted molar refractivity (Wildman–Crippen MR) is 92.6 cm³/mol. The lowest BCUT2D eigenvalue weighted by Crippen LogP contribution is -2.26. The Morgan fingerprint density at radius 1 is 0.875 bits per heavy atom. The zero-order valence-electron chi connectivity index (χ0n) is 13.1. The van der Waals surface area contributed by atoms with Gasteiger partial charge in [0.1, 0.15) is 6.33 Å². The van der Waals surface area contributed by atoms with Crippen LogP contribution in [0, 0.1) is 0 Å². The average molecular weight is 339 g/mol. The van der Waals surface area contributed by atoms with Crippen LogP contribution in [-0.4, -0.2) is 18.4 Å². The van der Waals surface area contributed by atoms with Crippen molar-refractivity contribution in [2.75, 3.05) is 0 Å². The maximum absolute atomic E-state index is 12.4. The van der Waals surface area contributed by atoms with Gasteiger partial charge in [0.15, 0.2) is 0 Å². The van der Waals surface area contributed by atoms with Gasteiger partial charge in [-0.1, -0.05) is 42.5 Å². The molecule has 24 heavy (non-hydrogen) atoms. The Labute approximate surface area is 141 Å². The van der Waals surface area contributed by atoms with Gasteiger partial charge in [-0.3, -0.25) is 0 Å². The highest BCUT2D eigenvalue weighted by Crippen LogP contribution is 2.22. The third-order valence-corrected chi connectivity index (χ3v) is 5.25. The van der Waals surface area contributed by atoms with Crippen molar-refractivity contribution in [3.05, 3.63) is 78.9 Å². The molecule has 2 aromatic carbocycles. The molecular weight excluding hydrogens is 322 g/mol. The van der Waals surface area contributed by atoms with E-state index in [1.807, 2.05) is 31.2 Å². The van der Waals surface area contributed by atoms with Crippen molar-refractivity contribution in [3.8, 4) is 11.1 Å². The predicted octanol–water partition coefficient (Wildman–Crippen LogP) is 3.18. The minimum atomic E-state index is -3.54. The van der Waals surface area contributed by atoms with Gasteiger partial charge in [-0.05, 0) is 30.2 Å². The van der Waals surface area contributed by atoms with Crippen molar-refractivity contribution in [2.45, 2.75) is 17.9 Å². The molecule has 0 saturated heterocycles. The van der Waals surface area contributed by atoms with Crippen LogP contribution in [0.4, 0.5) is 0 Å². The maximum atomic E-state index is 12.4. The first-order valence-electron chi connectivity index (χ1n) is 7.49. The monoisotopic (exact) mass is 339 g/mol. The minimum Gasteiger partial charge on any atom is -0.244 e. The molecule has 0 amide bonds. The average Bonchev–Trinajstić information content (AvgIpc) is 2.63. The standard InChI is InChI=1S/C18H17N3O2S/c1-14(21-24(22,23)18-5-3-2-4-6-18)15-7-9-16(10-8-15)17-11-19-13-20-12-17/h2-14,21H,1H3/t14-/m0/s1. The molecule has 0 unspecified atom stereocenters. The maximum Gasteiger partial charge on any atom is 0.241 e. The highest BCUT2D eigenvalue weighted by molar-refractivity contribution is 7.89. The Morgan fingerprint density at radius 3 is 2.12 bits per heavy atom. The molecule has 0 aliphatic rings. The molecule has 1 N–H and O–H groups in total. The van der Waals surface area contributed by atoms with Crippen molar-refractivity contribution in [1.29, 1.82) is 0 Å². The van der Waals surface area contributed by atoms with E-state index in [0.29, 0.717) is 0 Å². The van der Waals surface area contributed by atoms with E-state index in [-0.39, 0.29) is 10.9 Å². The van der Waals surface area contributed by atoms with Crippen LogP contribution >= 0.6 is 0 Å². The van der Waals surface area contributed by atoms with Crippen molar-refractivity contribution in [1.82, 2.24) is 14.7 Å². The Morgan fingerprint density at radius 2 is 1.50 bits per heavy atom. The van der Waals surface area contributed by atoms with Crippen molar-refractivity contribution in [2.24, 2.45) is 0 Å². The third-order valence-electron chi connectivity index (χ3n) is 3.69. The lowest BCUT2D eigenvalue weighted by atomic mass is 10.0. The second kappa shape index (κ2) is 6.90. The minimum absolute atomic E-state index is 0.259. The number of rotatable bonds is 5.